The van der Waals surface area contributed by atoms with Crippen molar-refractivity contribution in [3.8, 4) is 11.5 Å². The Bertz CT molecular complexity index is 655. The molecule has 0 radical (unpaired) electrons. The third-order valence-electron chi connectivity index (χ3n) is 3.47. The number of methoxy groups -OCH3 is 2. The molecule has 1 atom stereocenters. The van der Waals surface area contributed by atoms with Gasteiger partial charge in [0.05, 0.1) is 19.6 Å². The maximum Gasteiger partial charge on any atom is 0.161 e. The van der Waals surface area contributed by atoms with Crippen molar-refractivity contribution in [2.24, 2.45) is 0 Å². The van der Waals surface area contributed by atoms with Gasteiger partial charge in [0, 0.05) is 4.47 Å². The zero-order valence-electron chi connectivity index (χ0n) is 12.5. The summed E-state index contributed by atoms with van der Waals surface area (Å²) in [7, 11) is 3.26. The molecule has 0 heterocycles. The Morgan fingerprint density at radius 2 is 1.57 bits per heavy atom. The second kappa shape index (κ2) is 6.71. The van der Waals surface area contributed by atoms with Gasteiger partial charge in [0.25, 0.3) is 0 Å². The zero-order valence-corrected chi connectivity index (χ0v) is 14.9. The lowest BCUT2D eigenvalue weighted by Gasteiger charge is -2.18. The third kappa shape index (κ3) is 3.35. The molecular weight excluding hydrogens is 352 g/mol. The lowest BCUT2D eigenvalue weighted by Crippen LogP contribution is -2.01. The van der Waals surface area contributed by atoms with Gasteiger partial charge in [0.1, 0.15) is 0 Å². The first kappa shape index (κ1) is 16.2. The van der Waals surface area contributed by atoms with Crippen LogP contribution in [0, 0.1) is 13.8 Å². The number of halogens is 2. The predicted octanol–water partition coefficient (Wildman–Crippen LogP) is 5.41. The fraction of sp³-hybridized carbons (Fsp3) is 0.294. The largest absolute Gasteiger partial charge is 0.493 e. The van der Waals surface area contributed by atoms with Crippen LogP contribution in [0.2, 0.25) is 0 Å². The molecule has 0 aliphatic carbocycles. The third-order valence-corrected chi connectivity index (χ3v) is 4.66. The molecule has 21 heavy (non-hydrogen) atoms. The van der Waals surface area contributed by atoms with Gasteiger partial charge in [-0.2, -0.15) is 0 Å². The van der Waals surface area contributed by atoms with E-state index in [4.69, 9.17) is 21.1 Å². The van der Waals surface area contributed by atoms with E-state index in [1.54, 1.807) is 14.2 Å². The van der Waals surface area contributed by atoms with Crippen molar-refractivity contribution in [2.45, 2.75) is 19.2 Å². The van der Waals surface area contributed by atoms with Gasteiger partial charge in [-0.3, -0.25) is 0 Å². The summed E-state index contributed by atoms with van der Waals surface area (Å²) in [6, 6.07) is 10.1. The Hall–Kier alpha value is -1.19. The average Bonchev–Trinajstić information content (AvgIpc) is 2.48. The molecule has 0 aliphatic rings. The van der Waals surface area contributed by atoms with E-state index < -0.39 is 0 Å². The van der Waals surface area contributed by atoms with Crippen LogP contribution in [0.3, 0.4) is 0 Å². The minimum absolute atomic E-state index is 0.251. The number of alkyl halides is 1. The molecule has 0 aliphatic heterocycles. The summed E-state index contributed by atoms with van der Waals surface area (Å²) in [6.45, 7) is 4.08. The molecule has 0 bridgehead atoms. The molecule has 4 heteroatoms. The van der Waals surface area contributed by atoms with Crippen LogP contribution >= 0.6 is 27.5 Å². The minimum atomic E-state index is -0.251. The first-order chi connectivity index (χ1) is 9.97. The highest BCUT2D eigenvalue weighted by Gasteiger charge is 2.19. The van der Waals surface area contributed by atoms with Crippen molar-refractivity contribution < 1.29 is 9.47 Å². The maximum atomic E-state index is 6.71. The summed E-state index contributed by atoms with van der Waals surface area (Å²) in [5.74, 6) is 1.40. The summed E-state index contributed by atoms with van der Waals surface area (Å²) in [5, 5.41) is -0.251. The minimum Gasteiger partial charge on any atom is -0.493 e. The van der Waals surface area contributed by atoms with Gasteiger partial charge in [0.15, 0.2) is 11.5 Å². The molecule has 2 aromatic carbocycles. The van der Waals surface area contributed by atoms with E-state index in [1.807, 2.05) is 25.1 Å². The Morgan fingerprint density at radius 3 is 2.19 bits per heavy atom. The zero-order chi connectivity index (χ0) is 15.6. The van der Waals surface area contributed by atoms with Crippen molar-refractivity contribution >= 4 is 27.5 Å². The molecule has 0 fully saturated rings. The molecule has 0 spiro atoms. The number of hydrogen-bond donors (Lipinski definition) is 0. The number of benzene rings is 2. The molecule has 0 aromatic heterocycles. The van der Waals surface area contributed by atoms with Gasteiger partial charge in [-0.05, 0) is 48.7 Å². The standard InChI is InChI=1S/C17H18BrClO2/c1-10-5-6-14(18)13(7-10)17(19)12-9-16(21-4)15(20-3)8-11(12)2/h5-9,17H,1-4H3. The molecule has 0 saturated heterocycles. The Labute approximate surface area is 139 Å². The number of hydrogen-bond acceptors (Lipinski definition) is 2. The quantitative estimate of drug-likeness (QED) is 0.671. The number of aryl methyl sites for hydroxylation is 2. The Morgan fingerprint density at radius 1 is 0.952 bits per heavy atom. The molecule has 0 saturated carbocycles. The smallest absolute Gasteiger partial charge is 0.161 e. The normalized spacial score (nSPS) is 12.1. The van der Waals surface area contributed by atoms with E-state index >= 15 is 0 Å². The van der Waals surface area contributed by atoms with E-state index in [1.165, 1.54) is 5.56 Å². The Kier molecular flexibility index (Phi) is 5.17. The van der Waals surface area contributed by atoms with Crippen molar-refractivity contribution in [3.05, 3.63) is 57.1 Å². The van der Waals surface area contributed by atoms with Gasteiger partial charge in [-0.1, -0.05) is 33.6 Å². The lowest BCUT2D eigenvalue weighted by atomic mass is 9.98. The predicted molar refractivity (Wildman–Crippen MR) is 90.9 cm³/mol. The monoisotopic (exact) mass is 368 g/mol. The topological polar surface area (TPSA) is 18.5 Å². The SMILES string of the molecule is COc1cc(C)c(C(Cl)c2cc(C)ccc2Br)cc1OC. The van der Waals surface area contributed by atoms with Crippen LogP contribution in [0.5, 0.6) is 11.5 Å². The van der Waals surface area contributed by atoms with Crippen LogP contribution in [-0.2, 0) is 0 Å². The van der Waals surface area contributed by atoms with Crippen molar-refractivity contribution in [1.29, 1.82) is 0 Å². The highest BCUT2D eigenvalue weighted by molar-refractivity contribution is 9.10. The average molecular weight is 370 g/mol. The highest BCUT2D eigenvalue weighted by atomic mass is 79.9. The lowest BCUT2D eigenvalue weighted by molar-refractivity contribution is 0.354. The summed E-state index contributed by atoms with van der Waals surface area (Å²) < 4.78 is 11.7. The van der Waals surface area contributed by atoms with E-state index in [9.17, 15) is 0 Å². The van der Waals surface area contributed by atoms with E-state index in [0.717, 1.165) is 21.2 Å². The van der Waals surface area contributed by atoms with Crippen molar-refractivity contribution in [2.75, 3.05) is 14.2 Å². The second-order valence-electron chi connectivity index (χ2n) is 4.95. The van der Waals surface area contributed by atoms with Crippen LogP contribution in [0.4, 0.5) is 0 Å². The van der Waals surface area contributed by atoms with Crippen LogP contribution in [0.15, 0.2) is 34.8 Å². The maximum absolute atomic E-state index is 6.71. The molecule has 2 aromatic rings. The fourth-order valence-corrected chi connectivity index (χ4v) is 3.32. The number of ether oxygens (including phenoxy) is 2. The molecule has 112 valence electrons. The molecule has 2 rings (SSSR count). The summed E-state index contributed by atoms with van der Waals surface area (Å²) in [5.41, 5.74) is 4.31. The van der Waals surface area contributed by atoms with Crippen LogP contribution < -0.4 is 9.47 Å². The van der Waals surface area contributed by atoms with Crippen molar-refractivity contribution in [1.82, 2.24) is 0 Å². The van der Waals surface area contributed by atoms with Gasteiger partial charge < -0.3 is 9.47 Å². The molecule has 0 amide bonds. The van der Waals surface area contributed by atoms with Gasteiger partial charge >= 0.3 is 0 Å². The Balaban J connectivity index is 2.52. The molecular formula is C17H18BrClO2. The van der Waals surface area contributed by atoms with E-state index in [-0.39, 0.29) is 5.38 Å². The van der Waals surface area contributed by atoms with Crippen LogP contribution in [-0.4, -0.2) is 14.2 Å². The van der Waals surface area contributed by atoms with Gasteiger partial charge in [-0.15, -0.1) is 11.6 Å². The second-order valence-corrected chi connectivity index (χ2v) is 6.24. The molecule has 0 N–H and O–H groups in total. The summed E-state index contributed by atoms with van der Waals surface area (Å²) >= 11 is 10.3. The first-order valence-electron chi connectivity index (χ1n) is 6.60. The highest BCUT2D eigenvalue weighted by Crippen LogP contribution is 2.40. The summed E-state index contributed by atoms with van der Waals surface area (Å²) in [4.78, 5) is 0. The van der Waals surface area contributed by atoms with E-state index in [0.29, 0.717) is 11.5 Å². The molecule has 2 nitrogen and oxygen atoms in total. The fourth-order valence-electron chi connectivity index (χ4n) is 2.29. The first-order valence-corrected chi connectivity index (χ1v) is 7.83. The number of rotatable bonds is 4. The molecule has 1 unspecified atom stereocenters. The van der Waals surface area contributed by atoms with Gasteiger partial charge in [0.2, 0.25) is 0 Å². The van der Waals surface area contributed by atoms with Crippen molar-refractivity contribution in [3.63, 3.8) is 0 Å². The summed E-state index contributed by atoms with van der Waals surface area (Å²) in [6.07, 6.45) is 0. The van der Waals surface area contributed by atoms with Crippen LogP contribution in [0.1, 0.15) is 27.6 Å². The van der Waals surface area contributed by atoms with Crippen LogP contribution in [0.25, 0.3) is 0 Å². The van der Waals surface area contributed by atoms with Gasteiger partial charge in [-0.25, -0.2) is 0 Å². The van der Waals surface area contributed by atoms with E-state index in [2.05, 4.69) is 35.0 Å².